The summed E-state index contributed by atoms with van der Waals surface area (Å²) in [6.45, 7) is 5.58. The van der Waals surface area contributed by atoms with Gasteiger partial charge in [0.1, 0.15) is 0 Å². The highest BCUT2D eigenvalue weighted by molar-refractivity contribution is 6.17. The molecule has 0 unspecified atom stereocenters. The summed E-state index contributed by atoms with van der Waals surface area (Å²) < 4.78 is 5.19. The van der Waals surface area contributed by atoms with Crippen LogP contribution in [0, 0.1) is 13.8 Å². The van der Waals surface area contributed by atoms with Crippen molar-refractivity contribution in [2.75, 3.05) is 31.0 Å². The Labute approximate surface area is 94.2 Å². The third-order valence-electron chi connectivity index (χ3n) is 1.84. The van der Waals surface area contributed by atoms with E-state index in [2.05, 4.69) is 20.5 Å². The lowest BCUT2D eigenvalue weighted by Gasteiger charge is -2.05. The highest BCUT2D eigenvalue weighted by Crippen LogP contribution is 2.00. The first-order chi connectivity index (χ1) is 7.24. The number of ether oxygens (including phenoxy) is 1. The molecule has 1 N–H and O–H groups in total. The molecule has 1 heterocycles. The molecule has 0 aromatic carbocycles. The maximum Gasteiger partial charge on any atom is 0.243 e. The molecule has 0 saturated heterocycles. The normalized spacial score (nSPS) is 10.3. The maximum atomic E-state index is 5.46. The van der Waals surface area contributed by atoms with E-state index in [-0.39, 0.29) is 0 Å². The molecule has 0 spiro atoms. The number of hydrogen-bond donors (Lipinski definition) is 1. The number of nitrogens with zero attached hydrogens (tertiary/aromatic N) is 3. The molecule has 6 heteroatoms. The summed E-state index contributed by atoms with van der Waals surface area (Å²) in [6.07, 6.45) is 0. The average Bonchev–Trinajstić information content (AvgIpc) is 2.23. The predicted molar refractivity (Wildman–Crippen MR) is 59.3 cm³/mol. The summed E-state index contributed by atoms with van der Waals surface area (Å²) in [6, 6.07) is 0. The van der Waals surface area contributed by atoms with Gasteiger partial charge in [-0.1, -0.05) is 0 Å². The topological polar surface area (TPSA) is 59.9 Å². The van der Waals surface area contributed by atoms with Crippen LogP contribution in [0.5, 0.6) is 0 Å². The molecule has 1 aromatic rings. The Morgan fingerprint density at radius 3 is 2.67 bits per heavy atom. The van der Waals surface area contributed by atoms with Gasteiger partial charge >= 0.3 is 0 Å². The quantitative estimate of drug-likeness (QED) is 0.587. The molecule has 0 amide bonds. The SMILES string of the molecule is Cc1nnc(NCCOCCCl)nc1C. The Kier molecular flexibility index (Phi) is 5.28. The molecule has 0 aliphatic carbocycles. The zero-order valence-corrected chi connectivity index (χ0v) is 9.71. The lowest BCUT2D eigenvalue weighted by Crippen LogP contribution is -2.13. The zero-order chi connectivity index (χ0) is 11.1. The van der Waals surface area contributed by atoms with Crippen molar-refractivity contribution in [1.29, 1.82) is 0 Å². The van der Waals surface area contributed by atoms with Gasteiger partial charge in [0.25, 0.3) is 0 Å². The third kappa shape index (κ3) is 4.40. The highest BCUT2D eigenvalue weighted by Gasteiger charge is 1.99. The standard InChI is InChI=1S/C9H15ClN4O/c1-7-8(2)13-14-9(12-7)11-4-6-15-5-3-10/h3-6H2,1-2H3,(H,11,12,14). The summed E-state index contributed by atoms with van der Waals surface area (Å²) in [5.41, 5.74) is 1.73. The van der Waals surface area contributed by atoms with E-state index in [1.165, 1.54) is 0 Å². The van der Waals surface area contributed by atoms with Crippen LogP contribution in [0.2, 0.25) is 0 Å². The number of anilines is 1. The summed E-state index contributed by atoms with van der Waals surface area (Å²) in [5.74, 6) is 1.05. The lowest BCUT2D eigenvalue weighted by atomic mass is 10.4. The van der Waals surface area contributed by atoms with Gasteiger partial charge in [-0.25, -0.2) is 4.98 Å². The van der Waals surface area contributed by atoms with Crippen LogP contribution in [0.3, 0.4) is 0 Å². The Hall–Kier alpha value is -0.940. The number of halogens is 1. The maximum absolute atomic E-state index is 5.46. The first-order valence-electron chi connectivity index (χ1n) is 4.79. The Morgan fingerprint density at radius 1 is 1.20 bits per heavy atom. The molecule has 0 radical (unpaired) electrons. The van der Waals surface area contributed by atoms with Crippen LogP contribution in [-0.4, -0.2) is 40.8 Å². The van der Waals surface area contributed by atoms with Crippen molar-refractivity contribution in [3.8, 4) is 0 Å². The predicted octanol–water partition coefficient (Wildman–Crippen LogP) is 1.16. The molecule has 1 rings (SSSR count). The molecule has 0 atom stereocenters. The van der Waals surface area contributed by atoms with Gasteiger partial charge in [-0.3, -0.25) is 0 Å². The van der Waals surface area contributed by atoms with Crippen LogP contribution in [0.15, 0.2) is 0 Å². The fourth-order valence-corrected chi connectivity index (χ4v) is 1.03. The average molecular weight is 231 g/mol. The molecular formula is C9H15ClN4O. The van der Waals surface area contributed by atoms with Gasteiger partial charge in [0.15, 0.2) is 0 Å². The molecule has 0 aliphatic rings. The van der Waals surface area contributed by atoms with Gasteiger partial charge in [-0.15, -0.1) is 16.7 Å². The van der Waals surface area contributed by atoms with Crippen molar-refractivity contribution in [3.05, 3.63) is 11.4 Å². The van der Waals surface area contributed by atoms with Gasteiger partial charge in [0, 0.05) is 12.4 Å². The summed E-state index contributed by atoms with van der Waals surface area (Å²) in [4.78, 5) is 4.22. The minimum Gasteiger partial charge on any atom is -0.378 e. The van der Waals surface area contributed by atoms with Crippen LogP contribution < -0.4 is 5.32 Å². The molecule has 84 valence electrons. The van der Waals surface area contributed by atoms with Gasteiger partial charge in [0.2, 0.25) is 5.95 Å². The monoisotopic (exact) mass is 230 g/mol. The van der Waals surface area contributed by atoms with E-state index in [9.17, 15) is 0 Å². The van der Waals surface area contributed by atoms with Crippen LogP contribution >= 0.6 is 11.6 Å². The van der Waals surface area contributed by atoms with E-state index in [1.54, 1.807) is 0 Å². The Morgan fingerprint density at radius 2 is 2.00 bits per heavy atom. The molecule has 5 nitrogen and oxygen atoms in total. The Balaban J connectivity index is 2.28. The minimum atomic E-state index is 0.516. The molecular weight excluding hydrogens is 216 g/mol. The molecule has 0 bridgehead atoms. The minimum absolute atomic E-state index is 0.516. The number of rotatable bonds is 6. The van der Waals surface area contributed by atoms with Gasteiger partial charge in [-0.05, 0) is 13.8 Å². The van der Waals surface area contributed by atoms with Gasteiger partial charge in [-0.2, -0.15) is 5.10 Å². The van der Waals surface area contributed by atoms with E-state index < -0.39 is 0 Å². The highest BCUT2D eigenvalue weighted by atomic mass is 35.5. The smallest absolute Gasteiger partial charge is 0.243 e. The van der Waals surface area contributed by atoms with Crippen molar-refractivity contribution < 1.29 is 4.74 Å². The van der Waals surface area contributed by atoms with Crippen molar-refractivity contribution in [2.24, 2.45) is 0 Å². The number of nitrogens with one attached hydrogen (secondary N) is 1. The van der Waals surface area contributed by atoms with Crippen LogP contribution in [-0.2, 0) is 4.74 Å². The molecule has 15 heavy (non-hydrogen) atoms. The van der Waals surface area contributed by atoms with Crippen LogP contribution in [0.1, 0.15) is 11.4 Å². The van der Waals surface area contributed by atoms with Gasteiger partial charge in [0.05, 0.1) is 24.6 Å². The molecule has 0 saturated carbocycles. The third-order valence-corrected chi connectivity index (χ3v) is 2.00. The summed E-state index contributed by atoms with van der Waals surface area (Å²) >= 11 is 5.46. The molecule has 0 aliphatic heterocycles. The second-order valence-electron chi connectivity index (χ2n) is 3.03. The van der Waals surface area contributed by atoms with E-state index in [4.69, 9.17) is 16.3 Å². The number of aromatic nitrogens is 3. The van der Waals surface area contributed by atoms with Crippen molar-refractivity contribution in [3.63, 3.8) is 0 Å². The summed E-state index contributed by atoms with van der Waals surface area (Å²) in [5, 5.41) is 10.9. The zero-order valence-electron chi connectivity index (χ0n) is 8.96. The van der Waals surface area contributed by atoms with E-state index in [0.717, 1.165) is 11.4 Å². The first-order valence-corrected chi connectivity index (χ1v) is 5.33. The fourth-order valence-electron chi connectivity index (χ4n) is 0.923. The number of aryl methyl sites for hydroxylation is 2. The van der Waals surface area contributed by atoms with E-state index in [1.807, 2.05) is 13.8 Å². The fraction of sp³-hybridized carbons (Fsp3) is 0.667. The van der Waals surface area contributed by atoms with Crippen LogP contribution in [0.25, 0.3) is 0 Å². The van der Waals surface area contributed by atoms with Crippen molar-refractivity contribution >= 4 is 17.5 Å². The number of alkyl halides is 1. The second-order valence-corrected chi connectivity index (χ2v) is 3.41. The molecule has 1 aromatic heterocycles. The van der Waals surface area contributed by atoms with Crippen molar-refractivity contribution in [2.45, 2.75) is 13.8 Å². The Bertz CT molecular complexity index is 308. The molecule has 0 fully saturated rings. The second kappa shape index (κ2) is 6.53. The largest absolute Gasteiger partial charge is 0.378 e. The van der Waals surface area contributed by atoms with Crippen LogP contribution in [0.4, 0.5) is 5.95 Å². The first kappa shape index (κ1) is 12.1. The number of hydrogen-bond acceptors (Lipinski definition) is 5. The summed E-state index contributed by atoms with van der Waals surface area (Å²) in [7, 11) is 0. The lowest BCUT2D eigenvalue weighted by molar-refractivity contribution is 0.159. The van der Waals surface area contributed by atoms with Crippen molar-refractivity contribution in [1.82, 2.24) is 15.2 Å². The van der Waals surface area contributed by atoms with Gasteiger partial charge < -0.3 is 10.1 Å². The van der Waals surface area contributed by atoms with E-state index in [0.29, 0.717) is 31.6 Å². The van der Waals surface area contributed by atoms with E-state index >= 15 is 0 Å².